The smallest absolute Gasteiger partial charge is 0.133 e. The molecule has 5 nitrogen and oxygen atoms in total. The molecule has 0 amide bonds. The van der Waals surface area contributed by atoms with Crippen LogP contribution in [-0.4, -0.2) is 29.2 Å². The number of nitrogen functional groups attached to an aromatic ring is 1. The van der Waals surface area contributed by atoms with Gasteiger partial charge in [0.2, 0.25) is 0 Å². The van der Waals surface area contributed by atoms with Gasteiger partial charge in [-0.05, 0) is 33.1 Å². The number of hydrogen-bond donors (Lipinski definition) is 2. The summed E-state index contributed by atoms with van der Waals surface area (Å²) in [6, 6.07) is 1.78. The lowest BCUT2D eigenvalue weighted by atomic mass is 10.3. The lowest BCUT2D eigenvalue weighted by Crippen LogP contribution is -2.09. The maximum Gasteiger partial charge on any atom is 0.133 e. The van der Waals surface area contributed by atoms with E-state index in [9.17, 15) is 0 Å². The molecule has 0 fully saturated rings. The molecule has 1 rings (SSSR count). The summed E-state index contributed by atoms with van der Waals surface area (Å²) >= 11 is 0. The monoisotopic (exact) mass is 266 g/mol. The van der Waals surface area contributed by atoms with E-state index in [-0.39, 0.29) is 0 Å². The normalized spacial score (nSPS) is 10.9. The van der Waals surface area contributed by atoms with Crippen LogP contribution in [0.15, 0.2) is 6.07 Å². The highest BCUT2D eigenvalue weighted by atomic mass is 16.5. The van der Waals surface area contributed by atoms with Crippen LogP contribution in [-0.2, 0) is 11.2 Å². The summed E-state index contributed by atoms with van der Waals surface area (Å²) in [4.78, 5) is 8.64. The topological polar surface area (TPSA) is 73.1 Å². The zero-order chi connectivity index (χ0) is 14.1. The fraction of sp³-hybridized carbons (Fsp3) is 0.714. The highest BCUT2D eigenvalue weighted by Gasteiger charge is 2.01. The van der Waals surface area contributed by atoms with Gasteiger partial charge in [0.25, 0.3) is 0 Å². The van der Waals surface area contributed by atoms with Gasteiger partial charge in [-0.3, -0.25) is 0 Å². The summed E-state index contributed by atoms with van der Waals surface area (Å²) in [5.74, 6) is 2.16. The summed E-state index contributed by atoms with van der Waals surface area (Å²) in [5.41, 5.74) is 5.76. The number of ether oxygens (including phenoxy) is 1. The SMILES string of the molecule is CCCc1nc(N)cc(NCCCCOC(C)C)n1. The van der Waals surface area contributed by atoms with Crippen LogP contribution >= 0.6 is 0 Å². The zero-order valence-corrected chi connectivity index (χ0v) is 12.3. The van der Waals surface area contributed by atoms with E-state index in [0.29, 0.717) is 11.9 Å². The highest BCUT2D eigenvalue weighted by Crippen LogP contribution is 2.09. The molecule has 1 heterocycles. The van der Waals surface area contributed by atoms with E-state index in [1.54, 1.807) is 6.07 Å². The number of nitrogens with one attached hydrogen (secondary N) is 1. The van der Waals surface area contributed by atoms with Gasteiger partial charge in [-0.2, -0.15) is 0 Å². The van der Waals surface area contributed by atoms with Crippen molar-refractivity contribution >= 4 is 11.6 Å². The molecule has 0 aromatic carbocycles. The first kappa shape index (κ1) is 15.7. The van der Waals surface area contributed by atoms with Crippen LogP contribution in [0.3, 0.4) is 0 Å². The highest BCUT2D eigenvalue weighted by molar-refractivity contribution is 5.44. The van der Waals surface area contributed by atoms with Crippen molar-refractivity contribution in [2.24, 2.45) is 0 Å². The van der Waals surface area contributed by atoms with Crippen LogP contribution in [0.25, 0.3) is 0 Å². The Bertz CT molecular complexity index is 368. The van der Waals surface area contributed by atoms with Gasteiger partial charge in [0.1, 0.15) is 17.5 Å². The van der Waals surface area contributed by atoms with E-state index < -0.39 is 0 Å². The fourth-order valence-electron chi connectivity index (χ4n) is 1.71. The summed E-state index contributed by atoms with van der Waals surface area (Å²) in [6.07, 6.45) is 4.30. The number of aromatic nitrogens is 2. The van der Waals surface area contributed by atoms with Gasteiger partial charge in [0, 0.05) is 25.6 Å². The number of unbranched alkanes of at least 4 members (excludes halogenated alkanes) is 1. The van der Waals surface area contributed by atoms with E-state index in [2.05, 4.69) is 36.1 Å². The molecule has 0 aliphatic rings. The molecule has 0 spiro atoms. The van der Waals surface area contributed by atoms with Crippen LogP contribution in [0.4, 0.5) is 11.6 Å². The minimum Gasteiger partial charge on any atom is -0.384 e. The fourth-order valence-corrected chi connectivity index (χ4v) is 1.71. The number of nitrogens with two attached hydrogens (primary N) is 1. The zero-order valence-electron chi connectivity index (χ0n) is 12.3. The number of aryl methyl sites for hydroxylation is 1. The molecule has 5 heteroatoms. The Kier molecular flexibility index (Phi) is 7.18. The van der Waals surface area contributed by atoms with Crippen LogP contribution in [0.5, 0.6) is 0 Å². The lowest BCUT2D eigenvalue weighted by Gasteiger charge is -2.09. The van der Waals surface area contributed by atoms with E-state index in [1.165, 1.54) is 0 Å². The van der Waals surface area contributed by atoms with Crippen LogP contribution in [0, 0.1) is 0 Å². The number of anilines is 2. The Labute approximate surface area is 116 Å². The second-order valence-electron chi connectivity index (χ2n) is 4.90. The van der Waals surface area contributed by atoms with Crippen molar-refractivity contribution < 1.29 is 4.74 Å². The molecule has 0 aliphatic carbocycles. The summed E-state index contributed by atoms with van der Waals surface area (Å²) in [6.45, 7) is 7.90. The van der Waals surface area contributed by atoms with Gasteiger partial charge in [-0.15, -0.1) is 0 Å². The van der Waals surface area contributed by atoms with Gasteiger partial charge in [-0.1, -0.05) is 6.92 Å². The van der Waals surface area contributed by atoms with Gasteiger partial charge in [0.15, 0.2) is 0 Å². The van der Waals surface area contributed by atoms with Crippen molar-refractivity contribution in [2.75, 3.05) is 24.2 Å². The first-order chi connectivity index (χ1) is 9.11. The minimum atomic E-state index is 0.311. The number of hydrogen-bond acceptors (Lipinski definition) is 5. The molecule has 0 aliphatic heterocycles. The molecule has 3 N–H and O–H groups in total. The number of nitrogens with zero attached hydrogens (tertiary/aromatic N) is 2. The summed E-state index contributed by atoms with van der Waals surface area (Å²) < 4.78 is 5.49. The van der Waals surface area contributed by atoms with Crippen molar-refractivity contribution in [3.63, 3.8) is 0 Å². The van der Waals surface area contributed by atoms with Crippen molar-refractivity contribution in [1.29, 1.82) is 0 Å². The van der Waals surface area contributed by atoms with Crippen molar-refractivity contribution in [2.45, 2.75) is 52.6 Å². The molecule has 0 saturated carbocycles. The Morgan fingerprint density at radius 3 is 2.79 bits per heavy atom. The maximum absolute atomic E-state index is 5.76. The van der Waals surface area contributed by atoms with Crippen molar-refractivity contribution in [3.8, 4) is 0 Å². The Balaban J connectivity index is 2.28. The predicted molar refractivity (Wildman–Crippen MR) is 79.3 cm³/mol. The van der Waals surface area contributed by atoms with E-state index >= 15 is 0 Å². The second-order valence-corrected chi connectivity index (χ2v) is 4.90. The quantitative estimate of drug-likeness (QED) is 0.672. The Hall–Kier alpha value is -1.36. The second kappa shape index (κ2) is 8.69. The standard InChI is InChI=1S/C14H26N4O/c1-4-7-13-17-12(15)10-14(18-13)16-8-5-6-9-19-11(2)3/h10-11H,4-9H2,1-3H3,(H3,15,16,17,18). The number of rotatable bonds is 9. The largest absolute Gasteiger partial charge is 0.384 e. The molecule has 0 bridgehead atoms. The average Bonchev–Trinajstić information content (AvgIpc) is 2.33. The third kappa shape index (κ3) is 6.96. The van der Waals surface area contributed by atoms with Crippen LogP contribution in [0.2, 0.25) is 0 Å². The summed E-state index contributed by atoms with van der Waals surface area (Å²) in [5, 5.41) is 3.29. The molecule has 0 saturated heterocycles. The van der Waals surface area contributed by atoms with Crippen molar-refractivity contribution in [1.82, 2.24) is 9.97 Å². The van der Waals surface area contributed by atoms with Gasteiger partial charge in [0.05, 0.1) is 6.10 Å². The molecular weight excluding hydrogens is 240 g/mol. The predicted octanol–water partition coefficient (Wildman–Crippen LogP) is 2.63. The Morgan fingerprint density at radius 2 is 2.11 bits per heavy atom. The molecule has 0 atom stereocenters. The maximum atomic E-state index is 5.76. The van der Waals surface area contributed by atoms with Crippen LogP contribution in [0.1, 0.15) is 45.9 Å². The van der Waals surface area contributed by atoms with Gasteiger partial charge < -0.3 is 15.8 Å². The average molecular weight is 266 g/mol. The molecular formula is C14H26N4O. The molecule has 0 radical (unpaired) electrons. The lowest BCUT2D eigenvalue weighted by molar-refractivity contribution is 0.0765. The summed E-state index contributed by atoms with van der Waals surface area (Å²) in [7, 11) is 0. The third-order valence-electron chi connectivity index (χ3n) is 2.59. The van der Waals surface area contributed by atoms with E-state index in [4.69, 9.17) is 10.5 Å². The van der Waals surface area contributed by atoms with Gasteiger partial charge in [-0.25, -0.2) is 9.97 Å². The third-order valence-corrected chi connectivity index (χ3v) is 2.59. The Morgan fingerprint density at radius 1 is 1.32 bits per heavy atom. The van der Waals surface area contributed by atoms with E-state index in [0.717, 1.165) is 50.5 Å². The van der Waals surface area contributed by atoms with Gasteiger partial charge >= 0.3 is 0 Å². The minimum absolute atomic E-state index is 0.311. The van der Waals surface area contributed by atoms with E-state index in [1.807, 2.05) is 0 Å². The first-order valence-electron chi connectivity index (χ1n) is 7.10. The molecule has 19 heavy (non-hydrogen) atoms. The van der Waals surface area contributed by atoms with Crippen LogP contribution < -0.4 is 11.1 Å². The molecule has 0 unspecified atom stereocenters. The van der Waals surface area contributed by atoms with Crippen molar-refractivity contribution in [3.05, 3.63) is 11.9 Å². The molecule has 108 valence electrons. The molecule has 1 aromatic rings. The molecule has 1 aromatic heterocycles. The first-order valence-corrected chi connectivity index (χ1v) is 7.10.